The van der Waals surface area contributed by atoms with Crippen molar-refractivity contribution in [1.82, 2.24) is 0 Å². The number of allylic oxidation sites excluding steroid dienone is 8. The molecule has 342 valence electrons. The van der Waals surface area contributed by atoms with Gasteiger partial charge < -0.3 is 23.8 Å². The standard InChI is InChI=1S/C51H91NO7/c1-6-8-10-12-14-16-18-20-22-23-24-25-26-27-28-30-32-34-36-38-40-42-50(54)59-47(45-57-44-43-48(51(55)56)52(3,4)5)46-58-49(53)41-39-37-35-33-31-29-21-19-17-15-13-11-9-7-2/h9,11,15,17,21,25-26,29,47-48H,6-8,10,12-14,16,18-20,22-24,27-28,30-46H2,1-5H3/p+1/b11-9+,17-15+,26-25+,29-21+. The van der Waals surface area contributed by atoms with Crippen LogP contribution < -0.4 is 0 Å². The average molecular weight is 831 g/mol. The Kier molecular flexibility index (Phi) is 40.1. The van der Waals surface area contributed by atoms with Gasteiger partial charge in [-0.2, -0.15) is 0 Å². The Morgan fingerprint density at radius 1 is 0.525 bits per heavy atom. The molecular weight excluding hydrogens is 739 g/mol. The number of esters is 2. The summed E-state index contributed by atoms with van der Waals surface area (Å²) in [6.45, 7) is 4.61. The van der Waals surface area contributed by atoms with E-state index in [9.17, 15) is 19.5 Å². The monoisotopic (exact) mass is 831 g/mol. The van der Waals surface area contributed by atoms with E-state index in [1.807, 2.05) is 21.1 Å². The van der Waals surface area contributed by atoms with Gasteiger partial charge in [0.1, 0.15) is 6.61 Å². The topological polar surface area (TPSA) is 99.1 Å². The molecule has 0 aliphatic rings. The number of hydrogen-bond acceptors (Lipinski definition) is 6. The molecule has 0 spiro atoms. The number of carbonyl (C=O) groups excluding carboxylic acids is 2. The van der Waals surface area contributed by atoms with Gasteiger partial charge >= 0.3 is 17.9 Å². The molecule has 0 fully saturated rings. The second kappa shape index (κ2) is 42.0. The van der Waals surface area contributed by atoms with Crippen molar-refractivity contribution < 1.29 is 38.2 Å². The summed E-state index contributed by atoms with van der Waals surface area (Å²) in [4.78, 5) is 37.0. The molecular formula is C51H92NO7+. The van der Waals surface area contributed by atoms with Crippen LogP contribution in [0.4, 0.5) is 0 Å². The maximum Gasteiger partial charge on any atom is 0.362 e. The van der Waals surface area contributed by atoms with Gasteiger partial charge in [-0.05, 0) is 70.6 Å². The van der Waals surface area contributed by atoms with Crippen LogP contribution in [0.15, 0.2) is 48.6 Å². The molecule has 0 radical (unpaired) electrons. The Hall–Kier alpha value is -2.71. The minimum atomic E-state index is -0.879. The average Bonchev–Trinajstić information content (AvgIpc) is 3.19. The van der Waals surface area contributed by atoms with Crippen molar-refractivity contribution in [2.75, 3.05) is 41.0 Å². The second-order valence-electron chi connectivity index (χ2n) is 17.3. The summed E-state index contributed by atoms with van der Waals surface area (Å²) < 4.78 is 17.3. The van der Waals surface area contributed by atoms with Gasteiger partial charge in [0.25, 0.3) is 0 Å². The highest BCUT2D eigenvalue weighted by Crippen LogP contribution is 2.15. The van der Waals surface area contributed by atoms with Gasteiger partial charge in [-0.25, -0.2) is 4.79 Å². The van der Waals surface area contributed by atoms with Crippen LogP contribution in [0.1, 0.15) is 206 Å². The van der Waals surface area contributed by atoms with Crippen molar-refractivity contribution in [3.63, 3.8) is 0 Å². The van der Waals surface area contributed by atoms with E-state index in [-0.39, 0.29) is 36.2 Å². The highest BCUT2D eigenvalue weighted by molar-refractivity contribution is 5.72. The number of likely N-dealkylation sites (N-methyl/N-ethyl adjacent to an activating group) is 1. The molecule has 0 aromatic carbocycles. The number of aliphatic carboxylic acids is 1. The predicted molar refractivity (Wildman–Crippen MR) is 248 cm³/mol. The number of carboxylic acids is 1. The molecule has 1 N–H and O–H groups in total. The quantitative estimate of drug-likeness (QED) is 0.0283. The third-order valence-corrected chi connectivity index (χ3v) is 10.7. The first-order valence-electron chi connectivity index (χ1n) is 24.2. The number of ether oxygens (including phenoxy) is 3. The fourth-order valence-corrected chi connectivity index (χ4v) is 6.98. The summed E-state index contributed by atoms with van der Waals surface area (Å²) in [6.07, 6.45) is 50.2. The van der Waals surface area contributed by atoms with Crippen LogP contribution in [0.5, 0.6) is 0 Å². The Morgan fingerprint density at radius 3 is 1.42 bits per heavy atom. The van der Waals surface area contributed by atoms with E-state index >= 15 is 0 Å². The number of rotatable bonds is 43. The molecule has 8 heteroatoms. The molecule has 59 heavy (non-hydrogen) atoms. The number of carbonyl (C=O) groups is 3. The Morgan fingerprint density at radius 2 is 0.949 bits per heavy atom. The van der Waals surface area contributed by atoms with Crippen molar-refractivity contribution in [3.05, 3.63) is 48.6 Å². The fourth-order valence-electron chi connectivity index (χ4n) is 6.98. The molecule has 0 aliphatic carbocycles. The molecule has 0 saturated carbocycles. The number of nitrogens with zero attached hydrogens (tertiary/aromatic N) is 1. The first kappa shape index (κ1) is 56.3. The summed E-state index contributed by atoms with van der Waals surface area (Å²) in [7, 11) is 5.52. The van der Waals surface area contributed by atoms with Crippen molar-refractivity contribution in [3.8, 4) is 0 Å². The smallest absolute Gasteiger partial charge is 0.362 e. The maximum absolute atomic E-state index is 12.8. The van der Waals surface area contributed by atoms with Crippen LogP contribution in [-0.4, -0.2) is 80.6 Å². The normalized spacial score (nSPS) is 13.3. The number of hydrogen-bond donors (Lipinski definition) is 1. The van der Waals surface area contributed by atoms with Crippen LogP contribution in [0.2, 0.25) is 0 Å². The van der Waals surface area contributed by atoms with Gasteiger partial charge in [0.05, 0.1) is 34.4 Å². The lowest BCUT2D eigenvalue weighted by Gasteiger charge is -2.31. The highest BCUT2D eigenvalue weighted by Gasteiger charge is 2.31. The third kappa shape index (κ3) is 40.5. The molecule has 0 aromatic heterocycles. The molecule has 8 nitrogen and oxygen atoms in total. The lowest BCUT2D eigenvalue weighted by molar-refractivity contribution is -0.887. The van der Waals surface area contributed by atoms with Crippen LogP contribution in [0.25, 0.3) is 0 Å². The number of quaternary nitrogens is 1. The lowest BCUT2D eigenvalue weighted by atomic mass is 10.1. The molecule has 0 aliphatic heterocycles. The van der Waals surface area contributed by atoms with Crippen molar-refractivity contribution in [2.24, 2.45) is 0 Å². The van der Waals surface area contributed by atoms with Crippen molar-refractivity contribution in [2.45, 2.75) is 219 Å². The van der Waals surface area contributed by atoms with E-state index in [2.05, 4.69) is 62.5 Å². The Labute approximate surface area is 363 Å². The molecule has 2 atom stereocenters. The molecule has 0 rings (SSSR count). The minimum absolute atomic E-state index is 0.0518. The molecule has 0 heterocycles. The first-order chi connectivity index (χ1) is 28.6. The second-order valence-corrected chi connectivity index (χ2v) is 17.3. The Bertz CT molecular complexity index is 1110. The first-order valence-corrected chi connectivity index (χ1v) is 24.2. The summed E-state index contributed by atoms with van der Waals surface area (Å²) in [5, 5.41) is 9.63. The van der Waals surface area contributed by atoms with E-state index in [1.165, 1.54) is 103 Å². The van der Waals surface area contributed by atoms with Gasteiger partial charge in [-0.1, -0.05) is 165 Å². The summed E-state index contributed by atoms with van der Waals surface area (Å²) >= 11 is 0. The zero-order valence-electron chi connectivity index (χ0n) is 39.0. The van der Waals surface area contributed by atoms with Crippen LogP contribution >= 0.6 is 0 Å². The van der Waals surface area contributed by atoms with Gasteiger partial charge in [-0.15, -0.1) is 0 Å². The Balaban J connectivity index is 4.29. The summed E-state index contributed by atoms with van der Waals surface area (Å²) in [6, 6.07) is -0.620. The largest absolute Gasteiger partial charge is 0.477 e. The number of unbranched alkanes of at least 4 members (excludes halogenated alkanes) is 21. The van der Waals surface area contributed by atoms with Gasteiger partial charge in [0, 0.05) is 19.3 Å². The van der Waals surface area contributed by atoms with E-state index in [1.54, 1.807) is 0 Å². The third-order valence-electron chi connectivity index (χ3n) is 10.7. The zero-order valence-corrected chi connectivity index (χ0v) is 39.0. The van der Waals surface area contributed by atoms with Crippen LogP contribution in [0.3, 0.4) is 0 Å². The molecule has 2 unspecified atom stereocenters. The molecule has 0 saturated heterocycles. The van der Waals surface area contributed by atoms with Gasteiger partial charge in [-0.3, -0.25) is 9.59 Å². The molecule has 0 bridgehead atoms. The highest BCUT2D eigenvalue weighted by atomic mass is 16.6. The van der Waals surface area contributed by atoms with E-state index in [0.29, 0.717) is 19.3 Å². The summed E-state index contributed by atoms with van der Waals surface area (Å²) in [5.41, 5.74) is 0. The SMILES string of the molecule is CC/C=C/C/C=C/C/C=C/CCCCCCC(=O)OCC(COCCC(C(=O)O)[N+](C)(C)C)OC(=O)CCCCCCCCC/C=C/CCCCCCCCCCCC. The lowest BCUT2D eigenvalue weighted by Crippen LogP contribution is -2.50. The van der Waals surface area contributed by atoms with E-state index in [4.69, 9.17) is 14.2 Å². The molecule has 0 amide bonds. The van der Waals surface area contributed by atoms with Gasteiger partial charge in [0.15, 0.2) is 12.1 Å². The number of carboxylic acid groups (broad SMARTS) is 1. The van der Waals surface area contributed by atoms with Crippen LogP contribution in [0, 0.1) is 0 Å². The maximum atomic E-state index is 12.8. The van der Waals surface area contributed by atoms with E-state index < -0.39 is 18.1 Å². The van der Waals surface area contributed by atoms with Gasteiger partial charge in [0.2, 0.25) is 0 Å². The van der Waals surface area contributed by atoms with E-state index in [0.717, 1.165) is 70.6 Å². The van der Waals surface area contributed by atoms with Crippen molar-refractivity contribution in [1.29, 1.82) is 0 Å². The minimum Gasteiger partial charge on any atom is -0.477 e. The zero-order chi connectivity index (χ0) is 43.5. The van der Waals surface area contributed by atoms with Crippen LogP contribution in [-0.2, 0) is 28.6 Å². The molecule has 0 aromatic rings. The summed E-state index contributed by atoms with van der Waals surface area (Å²) in [5.74, 6) is -1.50. The van der Waals surface area contributed by atoms with Crippen molar-refractivity contribution >= 4 is 17.9 Å². The predicted octanol–water partition coefficient (Wildman–Crippen LogP) is 13.6. The fraction of sp³-hybridized carbons (Fsp3) is 0.784.